The van der Waals surface area contributed by atoms with E-state index < -0.39 is 0 Å². The molecule has 0 unspecified atom stereocenters. The molecule has 0 aliphatic rings. The minimum atomic E-state index is 0. The van der Waals surface area contributed by atoms with E-state index in [9.17, 15) is 0 Å². The fourth-order valence-corrected chi connectivity index (χ4v) is 1.50. The summed E-state index contributed by atoms with van der Waals surface area (Å²) in [5.74, 6) is 2.03. The molecule has 0 bridgehead atoms. The maximum atomic E-state index is 5.25. The summed E-state index contributed by atoms with van der Waals surface area (Å²) in [7, 11) is 6.58. The number of nitrogens with zero attached hydrogens (tertiary/aromatic N) is 1. The van der Waals surface area contributed by atoms with Crippen molar-refractivity contribution in [3.8, 4) is 11.5 Å². The average Bonchev–Trinajstić information content (AvgIpc) is 2.46. The van der Waals surface area contributed by atoms with Gasteiger partial charge in [-0.3, -0.25) is 4.99 Å². The number of benzene rings is 1. The molecule has 0 fully saturated rings. The van der Waals surface area contributed by atoms with Crippen molar-refractivity contribution < 1.29 is 14.2 Å². The molecule has 6 nitrogen and oxygen atoms in total. The Kier molecular flexibility index (Phi) is 9.91. The minimum Gasteiger partial charge on any atom is -0.493 e. The maximum Gasteiger partial charge on any atom is 0.195 e. The van der Waals surface area contributed by atoms with E-state index in [1.807, 2.05) is 18.2 Å². The van der Waals surface area contributed by atoms with Gasteiger partial charge >= 0.3 is 0 Å². The largest absolute Gasteiger partial charge is 0.493 e. The lowest BCUT2D eigenvalue weighted by Crippen LogP contribution is -2.33. The summed E-state index contributed by atoms with van der Waals surface area (Å²) in [6.07, 6.45) is 0. The third-order valence-electron chi connectivity index (χ3n) is 2.47. The number of hydrogen-bond donors (Lipinski definition) is 2. The zero-order chi connectivity index (χ0) is 14.1. The number of halogens is 1. The molecule has 0 heterocycles. The second-order valence-electron chi connectivity index (χ2n) is 3.69. The van der Waals surface area contributed by atoms with E-state index in [-0.39, 0.29) is 24.0 Å². The van der Waals surface area contributed by atoms with Crippen molar-refractivity contribution in [1.82, 2.24) is 5.32 Å². The Morgan fingerprint density at radius 3 is 2.40 bits per heavy atom. The normalized spacial score (nSPS) is 10.5. The first kappa shape index (κ1) is 18.8. The van der Waals surface area contributed by atoms with Crippen LogP contribution in [0.1, 0.15) is 0 Å². The van der Waals surface area contributed by atoms with Crippen molar-refractivity contribution in [3.05, 3.63) is 18.2 Å². The molecular formula is C13H22IN3O3. The van der Waals surface area contributed by atoms with Gasteiger partial charge in [-0.1, -0.05) is 0 Å². The predicted octanol–water partition coefficient (Wildman–Crippen LogP) is 1.96. The number of ether oxygens (including phenoxy) is 3. The van der Waals surface area contributed by atoms with Crippen LogP contribution < -0.4 is 20.1 Å². The van der Waals surface area contributed by atoms with Crippen LogP contribution in [0.3, 0.4) is 0 Å². The Morgan fingerprint density at radius 1 is 1.15 bits per heavy atom. The highest BCUT2D eigenvalue weighted by Gasteiger charge is 2.05. The Balaban J connectivity index is 0.00000361. The third kappa shape index (κ3) is 5.83. The van der Waals surface area contributed by atoms with Crippen molar-refractivity contribution >= 4 is 35.6 Å². The number of aliphatic imine (C=N–C) groups is 1. The zero-order valence-corrected chi connectivity index (χ0v) is 14.6. The number of hydrogen-bond acceptors (Lipinski definition) is 4. The molecule has 0 saturated heterocycles. The first-order valence-electron chi connectivity index (χ1n) is 5.93. The van der Waals surface area contributed by atoms with Crippen molar-refractivity contribution in [2.75, 3.05) is 46.8 Å². The SMILES string of the molecule is CN=C(NCCOC)Nc1ccc(OC)c(OC)c1.I. The summed E-state index contributed by atoms with van der Waals surface area (Å²) in [6, 6.07) is 5.58. The topological polar surface area (TPSA) is 64.1 Å². The fraction of sp³-hybridized carbons (Fsp3) is 0.462. The van der Waals surface area contributed by atoms with Crippen LogP contribution in [-0.4, -0.2) is 47.5 Å². The second kappa shape index (κ2) is 10.6. The summed E-state index contributed by atoms with van der Waals surface area (Å²) in [5, 5.41) is 6.29. The van der Waals surface area contributed by atoms with Crippen LogP contribution in [0.25, 0.3) is 0 Å². The lowest BCUT2D eigenvalue weighted by Gasteiger charge is -2.13. The molecule has 1 aromatic carbocycles. The highest BCUT2D eigenvalue weighted by Crippen LogP contribution is 2.29. The van der Waals surface area contributed by atoms with Crippen LogP contribution in [0.15, 0.2) is 23.2 Å². The molecular weight excluding hydrogens is 373 g/mol. The lowest BCUT2D eigenvalue weighted by molar-refractivity contribution is 0.204. The summed E-state index contributed by atoms with van der Waals surface area (Å²) in [6.45, 7) is 1.30. The summed E-state index contributed by atoms with van der Waals surface area (Å²) < 4.78 is 15.4. The Hall–Kier alpha value is -1.22. The van der Waals surface area contributed by atoms with Crippen molar-refractivity contribution in [2.24, 2.45) is 4.99 Å². The Bertz CT molecular complexity index is 427. The van der Waals surface area contributed by atoms with E-state index in [2.05, 4.69) is 15.6 Å². The monoisotopic (exact) mass is 395 g/mol. The molecule has 20 heavy (non-hydrogen) atoms. The summed E-state index contributed by atoms with van der Waals surface area (Å²) in [5.41, 5.74) is 0.864. The van der Waals surface area contributed by atoms with E-state index >= 15 is 0 Å². The van der Waals surface area contributed by atoms with Gasteiger partial charge in [-0.25, -0.2) is 0 Å². The van der Waals surface area contributed by atoms with E-state index in [1.54, 1.807) is 28.4 Å². The minimum absolute atomic E-state index is 0. The van der Waals surface area contributed by atoms with Crippen LogP contribution in [0.4, 0.5) is 5.69 Å². The van der Waals surface area contributed by atoms with Gasteiger partial charge in [0.25, 0.3) is 0 Å². The van der Waals surface area contributed by atoms with E-state index in [0.29, 0.717) is 30.6 Å². The van der Waals surface area contributed by atoms with Crippen LogP contribution >= 0.6 is 24.0 Å². The molecule has 0 aliphatic heterocycles. The number of methoxy groups -OCH3 is 3. The van der Waals surface area contributed by atoms with Crippen LogP contribution in [-0.2, 0) is 4.74 Å². The molecule has 0 amide bonds. The maximum absolute atomic E-state index is 5.25. The molecule has 0 radical (unpaired) electrons. The Labute approximate surface area is 136 Å². The van der Waals surface area contributed by atoms with Gasteiger partial charge in [-0.05, 0) is 12.1 Å². The van der Waals surface area contributed by atoms with Gasteiger partial charge < -0.3 is 24.8 Å². The first-order chi connectivity index (χ1) is 9.24. The van der Waals surface area contributed by atoms with Gasteiger partial charge in [0.15, 0.2) is 17.5 Å². The number of rotatable bonds is 6. The number of nitrogens with one attached hydrogen (secondary N) is 2. The third-order valence-corrected chi connectivity index (χ3v) is 2.47. The average molecular weight is 395 g/mol. The molecule has 0 saturated carbocycles. The van der Waals surface area contributed by atoms with Crippen LogP contribution in [0.5, 0.6) is 11.5 Å². The van der Waals surface area contributed by atoms with Crippen molar-refractivity contribution in [2.45, 2.75) is 0 Å². The molecule has 2 N–H and O–H groups in total. The highest BCUT2D eigenvalue weighted by atomic mass is 127. The molecule has 0 aliphatic carbocycles. The predicted molar refractivity (Wildman–Crippen MR) is 91.8 cm³/mol. The fourth-order valence-electron chi connectivity index (χ4n) is 1.50. The highest BCUT2D eigenvalue weighted by molar-refractivity contribution is 14.0. The van der Waals surface area contributed by atoms with Crippen molar-refractivity contribution in [3.63, 3.8) is 0 Å². The second-order valence-corrected chi connectivity index (χ2v) is 3.69. The smallest absolute Gasteiger partial charge is 0.195 e. The van der Waals surface area contributed by atoms with Gasteiger partial charge in [0.2, 0.25) is 0 Å². The van der Waals surface area contributed by atoms with E-state index in [1.165, 1.54) is 0 Å². The zero-order valence-electron chi connectivity index (χ0n) is 12.2. The van der Waals surface area contributed by atoms with Crippen LogP contribution in [0, 0.1) is 0 Å². The van der Waals surface area contributed by atoms with Crippen molar-refractivity contribution in [1.29, 1.82) is 0 Å². The van der Waals surface area contributed by atoms with Gasteiger partial charge in [0.1, 0.15) is 0 Å². The standard InChI is InChI=1S/C13H21N3O3.HI/c1-14-13(15-7-8-17-2)16-10-5-6-11(18-3)12(9-10)19-4;/h5-6,9H,7-8H2,1-4H3,(H2,14,15,16);1H. The molecule has 0 spiro atoms. The first-order valence-corrected chi connectivity index (χ1v) is 5.93. The molecule has 0 atom stereocenters. The summed E-state index contributed by atoms with van der Waals surface area (Å²) >= 11 is 0. The lowest BCUT2D eigenvalue weighted by atomic mass is 10.3. The molecule has 1 rings (SSSR count). The van der Waals surface area contributed by atoms with Gasteiger partial charge in [-0.2, -0.15) is 0 Å². The quantitative estimate of drug-likeness (QED) is 0.334. The number of anilines is 1. The van der Waals surface area contributed by atoms with E-state index in [4.69, 9.17) is 14.2 Å². The van der Waals surface area contributed by atoms with Gasteiger partial charge in [0.05, 0.1) is 20.8 Å². The molecule has 114 valence electrons. The molecule has 0 aromatic heterocycles. The summed E-state index contributed by atoms with van der Waals surface area (Å²) in [4.78, 5) is 4.12. The number of guanidine groups is 1. The van der Waals surface area contributed by atoms with Crippen LogP contribution in [0.2, 0.25) is 0 Å². The van der Waals surface area contributed by atoms with Gasteiger partial charge in [-0.15, -0.1) is 24.0 Å². The molecule has 7 heteroatoms. The van der Waals surface area contributed by atoms with Gasteiger partial charge in [0, 0.05) is 32.5 Å². The molecule has 1 aromatic rings. The van der Waals surface area contributed by atoms with E-state index in [0.717, 1.165) is 5.69 Å². The Morgan fingerprint density at radius 2 is 1.85 bits per heavy atom.